The number of aromatic nitrogens is 1. The summed E-state index contributed by atoms with van der Waals surface area (Å²) in [4.78, 5) is 4.76. The fraction of sp³-hybridized carbons (Fsp3) is 0.615. The van der Waals surface area contributed by atoms with Crippen molar-refractivity contribution in [1.82, 2.24) is 4.98 Å². The summed E-state index contributed by atoms with van der Waals surface area (Å²) in [6.45, 7) is 0. The number of pyridine rings is 1. The zero-order chi connectivity index (χ0) is 11.0. The van der Waals surface area contributed by atoms with Crippen LogP contribution in [0.5, 0.6) is 0 Å². The highest BCUT2D eigenvalue weighted by Gasteiger charge is 2.20. The van der Waals surface area contributed by atoms with Crippen LogP contribution in [0, 0.1) is 0 Å². The molecule has 0 radical (unpaired) electrons. The Morgan fingerprint density at radius 3 is 2.81 bits per heavy atom. The minimum Gasteiger partial charge on any atom is -0.246 e. The number of hydrogen-bond donors (Lipinski definition) is 0. The Balaban J connectivity index is 1.82. The van der Waals surface area contributed by atoms with Crippen molar-refractivity contribution < 1.29 is 0 Å². The fourth-order valence-electron chi connectivity index (χ4n) is 2.71. The van der Waals surface area contributed by atoms with Crippen LogP contribution in [-0.2, 0) is 12.8 Å². The molecule has 0 N–H and O–H groups in total. The van der Waals surface area contributed by atoms with Gasteiger partial charge in [-0.1, -0.05) is 24.4 Å². The van der Waals surface area contributed by atoms with E-state index in [-0.39, 0.29) is 0 Å². The smallest absolute Gasteiger partial charge is 0.0980 e. The highest BCUT2D eigenvalue weighted by molar-refractivity contribution is 7.99. The van der Waals surface area contributed by atoms with E-state index in [9.17, 15) is 0 Å². The molecule has 1 nitrogen and oxygen atoms in total. The number of thioether (sulfide) groups is 1. The summed E-state index contributed by atoms with van der Waals surface area (Å²) >= 11 is 8.24. The van der Waals surface area contributed by atoms with Crippen molar-refractivity contribution in [2.45, 2.75) is 55.2 Å². The lowest BCUT2D eigenvalue weighted by Crippen LogP contribution is -1.97. The zero-order valence-electron chi connectivity index (χ0n) is 9.34. The average Bonchev–Trinajstić information content (AvgIpc) is 2.87. The Morgan fingerprint density at radius 2 is 2.00 bits per heavy atom. The van der Waals surface area contributed by atoms with Gasteiger partial charge in [0.1, 0.15) is 0 Å². The molecule has 86 valence electrons. The van der Waals surface area contributed by atoms with Crippen LogP contribution in [-0.4, -0.2) is 10.2 Å². The first-order valence-corrected chi connectivity index (χ1v) is 7.43. The number of aryl methyl sites for hydroxylation is 1. The lowest BCUT2D eigenvalue weighted by molar-refractivity contribution is 0.883. The molecule has 1 aromatic rings. The molecule has 1 fully saturated rings. The van der Waals surface area contributed by atoms with Crippen molar-refractivity contribution >= 4 is 23.4 Å². The average molecular weight is 254 g/mol. The van der Waals surface area contributed by atoms with Gasteiger partial charge in [-0.05, 0) is 43.7 Å². The number of fused-ring (bicyclic) bond motifs is 1. The molecule has 0 aliphatic heterocycles. The molecular weight excluding hydrogens is 238 g/mol. The molecule has 0 atom stereocenters. The predicted molar refractivity (Wildman–Crippen MR) is 69.4 cm³/mol. The Hall–Kier alpha value is -0.210. The van der Waals surface area contributed by atoms with Gasteiger partial charge in [-0.25, -0.2) is 4.98 Å². The van der Waals surface area contributed by atoms with E-state index in [0.717, 1.165) is 28.1 Å². The molecule has 0 spiro atoms. The minimum absolute atomic E-state index is 0.781. The van der Waals surface area contributed by atoms with E-state index in [2.05, 4.69) is 6.07 Å². The number of hydrogen-bond acceptors (Lipinski definition) is 2. The minimum atomic E-state index is 0.781. The van der Waals surface area contributed by atoms with Gasteiger partial charge in [0.05, 0.1) is 5.03 Å². The molecule has 0 amide bonds. The van der Waals surface area contributed by atoms with Crippen LogP contribution in [0.4, 0.5) is 0 Å². The first-order chi connectivity index (χ1) is 7.83. The van der Waals surface area contributed by atoms with Crippen LogP contribution in [0.1, 0.15) is 43.4 Å². The molecule has 3 heteroatoms. The second kappa shape index (κ2) is 4.58. The van der Waals surface area contributed by atoms with Crippen LogP contribution >= 0.6 is 23.4 Å². The Labute approximate surface area is 106 Å². The third-order valence-corrected chi connectivity index (χ3v) is 5.15. The summed E-state index contributed by atoms with van der Waals surface area (Å²) in [5, 5.41) is 2.88. The van der Waals surface area contributed by atoms with Crippen LogP contribution in [0.2, 0.25) is 5.02 Å². The number of nitrogens with zero attached hydrogens (tertiary/aromatic N) is 1. The predicted octanol–water partition coefficient (Wildman–Crippen LogP) is 4.26. The summed E-state index contributed by atoms with van der Waals surface area (Å²) in [5.41, 5.74) is 2.56. The van der Waals surface area contributed by atoms with Crippen molar-refractivity contribution in [3.05, 3.63) is 22.3 Å². The molecule has 1 saturated carbocycles. The quantitative estimate of drug-likeness (QED) is 0.781. The van der Waals surface area contributed by atoms with Gasteiger partial charge in [0.15, 0.2) is 0 Å². The van der Waals surface area contributed by atoms with E-state index >= 15 is 0 Å². The van der Waals surface area contributed by atoms with Gasteiger partial charge in [0.2, 0.25) is 0 Å². The molecular formula is C13H16ClNS. The van der Waals surface area contributed by atoms with Crippen LogP contribution < -0.4 is 0 Å². The van der Waals surface area contributed by atoms with Gasteiger partial charge in [0, 0.05) is 16.0 Å². The highest BCUT2D eigenvalue weighted by Crippen LogP contribution is 2.37. The van der Waals surface area contributed by atoms with E-state index in [0.29, 0.717) is 0 Å². The molecule has 3 rings (SSSR count). The molecule has 0 bridgehead atoms. The van der Waals surface area contributed by atoms with Gasteiger partial charge in [0.25, 0.3) is 0 Å². The molecule has 0 unspecified atom stereocenters. The summed E-state index contributed by atoms with van der Waals surface area (Å²) in [6, 6.07) is 2.08. The number of rotatable bonds is 2. The van der Waals surface area contributed by atoms with E-state index in [1.54, 1.807) is 0 Å². The highest BCUT2D eigenvalue weighted by atomic mass is 35.5. The summed E-state index contributed by atoms with van der Waals surface area (Å²) in [6.07, 6.45) is 8.93. The first-order valence-electron chi connectivity index (χ1n) is 6.18. The van der Waals surface area contributed by atoms with E-state index < -0.39 is 0 Å². The zero-order valence-corrected chi connectivity index (χ0v) is 10.9. The standard InChI is InChI=1S/C13H16ClNS/c14-11-8-13(16-9-4-1-2-5-9)15-12-7-3-6-10(11)12/h8-9H,1-7H2. The molecule has 0 aromatic carbocycles. The summed E-state index contributed by atoms with van der Waals surface area (Å²) in [5.74, 6) is 0. The maximum Gasteiger partial charge on any atom is 0.0980 e. The maximum atomic E-state index is 6.31. The lowest BCUT2D eigenvalue weighted by atomic mass is 10.2. The molecule has 2 aliphatic rings. The fourth-order valence-corrected chi connectivity index (χ4v) is 4.34. The van der Waals surface area contributed by atoms with Crippen LogP contribution in [0.3, 0.4) is 0 Å². The number of halogens is 1. The van der Waals surface area contributed by atoms with Crippen molar-refractivity contribution in [2.24, 2.45) is 0 Å². The van der Waals surface area contributed by atoms with Gasteiger partial charge in [-0.15, -0.1) is 11.8 Å². The Morgan fingerprint density at radius 1 is 1.19 bits per heavy atom. The van der Waals surface area contributed by atoms with E-state index in [1.807, 2.05) is 11.8 Å². The van der Waals surface area contributed by atoms with Gasteiger partial charge in [-0.3, -0.25) is 0 Å². The van der Waals surface area contributed by atoms with Gasteiger partial charge < -0.3 is 0 Å². The molecule has 0 saturated heterocycles. The lowest BCUT2D eigenvalue weighted by Gasteiger charge is -2.10. The van der Waals surface area contributed by atoms with Crippen molar-refractivity contribution in [3.63, 3.8) is 0 Å². The summed E-state index contributed by atoms with van der Waals surface area (Å²) < 4.78 is 0. The monoisotopic (exact) mass is 253 g/mol. The Kier molecular flexibility index (Phi) is 3.12. The molecule has 2 aliphatic carbocycles. The normalized spacial score (nSPS) is 20.3. The SMILES string of the molecule is Clc1cc(SC2CCCC2)nc2c1CCC2. The summed E-state index contributed by atoms with van der Waals surface area (Å²) in [7, 11) is 0. The first kappa shape index (κ1) is 10.9. The van der Waals surface area contributed by atoms with Crippen LogP contribution in [0.15, 0.2) is 11.1 Å². The Bertz CT molecular complexity index is 399. The van der Waals surface area contributed by atoms with Crippen molar-refractivity contribution in [2.75, 3.05) is 0 Å². The topological polar surface area (TPSA) is 12.9 Å². The third-order valence-electron chi connectivity index (χ3n) is 3.56. The maximum absolute atomic E-state index is 6.31. The van der Waals surface area contributed by atoms with E-state index in [1.165, 1.54) is 43.4 Å². The molecule has 1 heterocycles. The molecule has 16 heavy (non-hydrogen) atoms. The van der Waals surface area contributed by atoms with Gasteiger partial charge in [-0.2, -0.15) is 0 Å². The third kappa shape index (κ3) is 2.10. The van der Waals surface area contributed by atoms with Gasteiger partial charge >= 0.3 is 0 Å². The molecule has 1 aromatic heterocycles. The van der Waals surface area contributed by atoms with Crippen molar-refractivity contribution in [3.8, 4) is 0 Å². The second-order valence-electron chi connectivity index (χ2n) is 4.75. The van der Waals surface area contributed by atoms with Crippen molar-refractivity contribution in [1.29, 1.82) is 0 Å². The van der Waals surface area contributed by atoms with E-state index in [4.69, 9.17) is 16.6 Å². The largest absolute Gasteiger partial charge is 0.246 e. The van der Waals surface area contributed by atoms with Crippen LogP contribution in [0.25, 0.3) is 0 Å². The second-order valence-corrected chi connectivity index (χ2v) is 6.47.